The van der Waals surface area contributed by atoms with E-state index >= 15 is 0 Å². The number of carbonyl (C=O) groups is 2. The molecule has 0 unspecified atom stereocenters. The molecule has 9 heteroatoms. The highest BCUT2D eigenvalue weighted by atomic mass is 35.5. The van der Waals surface area contributed by atoms with Crippen LogP contribution in [-0.2, 0) is 0 Å². The Balaban J connectivity index is 1.48. The second kappa shape index (κ2) is 7.75. The molecule has 1 saturated heterocycles. The van der Waals surface area contributed by atoms with E-state index in [0.717, 1.165) is 36.5 Å². The summed E-state index contributed by atoms with van der Waals surface area (Å²) >= 11 is 8.71. The molecule has 4 rings (SSSR count). The van der Waals surface area contributed by atoms with Crippen molar-refractivity contribution in [2.45, 2.75) is 12.8 Å². The highest BCUT2D eigenvalue weighted by Crippen LogP contribution is 2.32. The zero-order valence-electron chi connectivity index (χ0n) is 14.1. The summed E-state index contributed by atoms with van der Waals surface area (Å²) < 4.78 is 0.687. The van der Waals surface area contributed by atoms with Gasteiger partial charge in [-0.05, 0) is 37.1 Å². The Labute approximate surface area is 168 Å². The molecule has 3 aromatic heterocycles. The van der Waals surface area contributed by atoms with Crippen molar-refractivity contribution in [1.29, 1.82) is 0 Å². The highest BCUT2D eigenvalue weighted by Gasteiger charge is 2.21. The number of amides is 2. The van der Waals surface area contributed by atoms with Gasteiger partial charge < -0.3 is 4.90 Å². The van der Waals surface area contributed by atoms with E-state index in [1.54, 1.807) is 23.1 Å². The van der Waals surface area contributed by atoms with Crippen molar-refractivity contribution in [2.24, 2.45) is 0 Å². The summed E-state index contributed by atoms with van der Waals surface area (Å²) in [7, 11) is 0. The smallest absolute Gasteiger partial charge is 0.276 e. The summed E-state index contributed by atoms with van der Waals surface area (Å²) in [4.78, 5) is 36.3. The predicted molar refractivity (Wildman–Crippen MR) is 108 cm³/mol. The van der Waals surface area contributed by atoms with Crippen LogP contribution in [0.4, 0.5) is 5.13 Å². The van der Waals surface area contributed by atoms with E-state index < -0.39 is 5.91 Å². The number of anilines is 1. The third kappa shape index (κ3) is 4.02. The number of nitrogens with one attached hydrogen (secondary N) is 1. The molecule has 0 atom stereocenters. The minimum Gasteiger partial charge on any atom is -0.337 e. The SMILES string of the molecule is O=C(Nc1nc(-c2ccc(Cl)s2)cs1)c1cccc(C(=O)N2CCCC2)n1. The van der Waals surface area contributed by atoms with Gasteiger partial charge in [0.15, 0.2) is 5.13 Å². The number of thiazole rings is 1. The van der Waals surface area contributed by atoms with Crippen molar-refractivity contribution in [2.75, 3.05) is 18.4 Å². The molecule has 2 amide bonds. The van der Waals surface area contributed by atoms with Gasteiger partial charge in [-0.3, -0.25) is 14.9 Å². The van der Waals surface area contributed by atoms with Crippen LogP contribution in [0, 0.1) is 0 Å². The number of halogens is 1. The molecule has 0 aliphatic carbocycles. The van der Waals surface area contributed by atoms with Gasteiger partial charge >= 0.3 is 0 Å². The summed E-state index contributed by atoms with van der Waals surface area (Å²) in [5.74, 6) is -0.524. The van der Waals surface area contributed by atoms with Gasteiger partial charge in [-0.1, -0.05) is 17.7 Å². The molecule has 0 spiro atoms. The molecular weight excluding hydrogens is 404 g/mol. The fraction of sp³-hybridized carbons (Fsp3) is 0.222. The van der Waals surface area contributed by atoms with Crippen LogP contribution in [0.1, 0.15) is 33.8 Å². The van der Waals surface area contributed by atoms with E-state index in [0.29, 0.717) is 9.47 Å². The number of carbonyl (C=O) groups excluding carboxylic acids is 2. The van der Waals surface area contributed by atoms with Crippen LogP contribution in [-0.4, -0.2) is 39.8 Å². The number of likely N-dealkylation sites (tertiary alicyclic amines) is 1. The average molecular weight is 419 g/mol. The molecule has 0 radical (unpaired) electrons. The normalized spacial score (nSPS) is 13.7. The minimum atomic E-state index is -0.392. The Morgan fingerprint density at radius 2 is 1.85 bits per heavy atom. The largest absolute Gasteiger partial charge is 0.337 e. The van der Waals surface area contributed by atoms with Crippen LogP contribution in [0.5, 0.6) is 0 Å². The number of nitrogens with zero attached hydrogens (tertiary/aromatic N) is 3. The van der Waals surface area contributed by atoms with Crippen LogP contribution < -0.4 is 5.32 Å². The molecule has 1 aliphatic heterocycles. The standard InChI is InChI=1S/C18H15ClN4O2S2/c19-15-7-6-14(27-15)13-10-26-18(21-13)22-16(24)11-4-3-5-12(20-11)17(25)23-8-1-2-9-23/h3-7,10H,1-2,8-9H2,(H,21,22,24). The maximum Gasteiger partial charge on any atom is 0.276 e. The molecule has 1 aliphatic rings. The number of thiophene rings is 1. The Bertz CT molecular complexity index is 995. The maximum absolute atomic E-state index is 12.5. The summed E-state index contributed by atoms with van der Waals surface area (Å²) in [5.41, 5.74) is 1.24. The second-order valence-corrected chi connectivity index (χ2v) is 8.58. The van der Waals surface area contributed by atoms with Crippen molar-refractivity contribution in [1.82, 2.24) is 14.9 Å². The van der Waals surface area contributed by atoms with E-state index in [1.807, 2.05) is 17.5 Å². The Morgan fingerprint density at radius 3 is 2.59 bits per heavy atom. The highest BCUT2D eigenvalue weighted by molar-refractivity contribution is 7.20. The third-order valence-electron chi connectivity index (χ3n) is 4.14. The second-order valence-electron chi connectivity index (χ2n) is 6.00. The van der Waals surface area contributed by atoms with E-state index in [1.165, 1.54) is 22.7 Å². The molecule has 0 bridgehead atoms. The zero-order valence-corrected chi connectivity index (χ0v) is 16.5. The number of pyridine rings is 1. The van der Waals surface area contributed by atoms with Crippen LogP contribution in [0.3, 0.4) is 0 Å². The topological polar surface area (TPSA) is 75.2 Å². The predicted octanol–water partition coefficient (Wildman–Crippen LogP) is 4.41. The monoisotopic (exact) mass is 418 g/mol. The van der Waals surface area contributed by atoms with Crippen LogP contribution in [0.2, 0.25) is 4.34 Å². The summed E-state index contributed by atoms with van der Waals surface area (Å²) in [6.45, 7) is 1.48. The molecule has 1 fully saturated rings. The Kier molecular flexibility index (Phi) is 5.20. The van der Waals surface area contributed by atoms with E-state index in [9.17, 15) is 9.59 Å². The van der Waals surface area contributed by atoms with Crippen LogP contribution >= 0.6 is 34.3 Å². The third-order valence-corrected chi connectivity index (χ3v) is 6.16. The summed E-state index contributed by atoms with van der Waals surface area (Å²) in [6.07, 6.45) is 2.02. The van der Waals surface area contributed by atoms with Gasteiger partial charge in [0.05, 0.1) is 14.9 Å². The van der Waals surface area contributed by atoms with Crippen molar-refractivity contribution in [3.8, 4) is 10.6 Å². The van der Waals surface area contributed by atoms with Crippen molar-refractivity contribution in [3.63, 3.8) is 0 Å². The first kappa shape index (κ1) is 18.1. The van der Waals surface area contributed by atoms with Crippen LogP contribution in [0.15, 0.2) is 35.7 Å². The number of aromatic nitrogens is 2. The molecular formula is C18H15ClN4O2S2. The first-order chi connectivity index (χ1) is 13.1. The first-order valence-corrected chi connectivity index (χ1v) is 10.5. The molecule has 1 N–H and O–H groups in total. The van der Waals surface area contributed by atoms with Gasteiger partial charge in [-0.25, -0.2) is 9.97 Å². The molecule has 27 heavy (non-hydrogen) atoms. The van der Waals surface area contributed by atoms with Gasteiger partial charge in [0.1, 0.15) is 11.4 Å². The Hall–Kier alpha value is -2.29. The number of hydrogen-bond donors (Lipinski definition) is 1. The van der Waals surface area contributed by atoms with E-state index in [4.69, 9.17) is 11.6 Å². The van der Waals surface area contributed by atoms with Crippen LogP contribution in [0.25, 0.3) is 10.6 Å². The van der Waals surface area contributed by atoms with Gasteiger partial charge in [0, 0.05) is 18.5 Å². The average Bonchev–Trinajstić information content (AvgIpc) is 3.43. The van der Waals surface area contributed by atoms with E-state index in [-0.39, 0.29) is 17.3 Å². The molecule has 6 nitrogen and oxygen atoms in total. The number of rotatable bonds is 4. The fourth-order valence-corrected chi connectivity index (χ4v) is 4.60. The lowest BCUT2D eigenvalue weighted by molar-refractivity contribution is 0.0787. The maximum atomic E-state index is 12.5. The van der Waals surface area contributed by atoms with Crippen molar-refractivity contribution in [3.05, 3.63) is 51.4 Å². The van der Waals surface area contributed by atoms with Gasteiger partial charge in [-0.15, -0.1) is 22.7 Å². The van der Waals surface area contributed by atoms with Crippen molar-refractivity contribution < 1.29 is 9.59 Å². The molecule has 0 saturated carbocycles. The first-order valence-electron chi connectivity index (χ1n) is 8.39. The summed E-state index contributed by atoms with van der Waals surface area (Å²) in [5, 5.41) is 5.07. The lowest BCUT2D eigenvalue weighted by Crippen LogP contribution is -2.29. The lowest BCUT2D eigenvalue weighted by Gasteiger charge is -2.14. The zero-order chi connectivity index (χ0) is 18.8. The molecule has 4 heterocycles. The van der Waals surface area contributed by atoms with Crippen molar-refractivity contribution >= 4 is 51.2 Å². The van der Waals surface area contributed by atoms with Gasteiger partial charge in [0.25, 0.3) is 11.8 Å². The molecule has 138 valence electrons. The lowest BCUT2D eigenvalue weighted by atomic mass is 10.2. The Morgan fingerprint density at radius 1 is 1.07 bits per heavy atom. The van der Waals surface area contributed by atoms with Gasteiger partial charge in [-0.2, -0.15) is 0 Å². The summed E-state index contributed by atoms with van der Waals surface area (Å²) in [6, 6.07) is 8.60. The van der Waals surface area contributed by atoms with E-state index in [2.05, 4.69) is 15.3 Å². The number of hydrogen-bond acceptors (Lipinski definition) is 6. The minimum absolute atomic E-state index is 0.131. The molecule has 3 aromatic rings. The quantitative estimate of drug-likeness (QED) is 0.681. The van der Waals surface area contributed by atoms with Gasteiger partial charge in [0.2, 0.25) is 0 Å². The fourth-order valence-electron chi connectivity index (χ4n) is 2.82. The molecule has 0 aromatic carbocycles.